The van der Waals surface area contributed by atoms with Crippen molar-refractivity contribution in [3.05, 3.63) is 35.4 Å². The molecule has 1 rings (SSSR count). The van der Waals surface area contributed by atoms with Gasteiger partial charge in [-0.2, -0.15) is 0 Å². The van der Waals surface area contributed by atoms with E-state index in [1.807, 2.05) is 12.1 Å². The van der Waals surface area contributed by atoms with Gasteiger partial charge in [0, 0.05) is 40.7 Å². The van der Waals surface area contributed by atoms with E-state index in [4.69, 9.17) is 0 Å². The van der Waals surface area contributed by atoms with Gasteiger partial charge in [-0.15, -0.1) is 24.0 Å². The molecule has 6 heteroatoms. The summed E-state index contributed by atoms with van der Waals surface area (Å²) < 4.78 is 0. The number of hydrogen-bond acceptors (Lipinski definition) is 2. The van der Waals surface area contributed by atoms with E-state index in [1.54, 1.807) is 26.0 Å². The van der Waals surface area contributed by atoms with Crippen molar-refractivity contribution in [2.24, 2.45) is 4.99 Å². The van der Waals surface area contributed by atoms with Crippen LogP contribution in [0.4, 0.5) is 0 Å². The van der Waals surface area contributed by atoms with Gasteiger partial charge in [0.1, 0.15) is 0 Å². The molecule has 118 valence electrons. The van der Waals surface area contributed by atoms with Crippen molar-refractivity contribution < 1.29 is 4.79 Å². The summed E-state index contributed by atoms with van der Waals surface area (Å²) in [5.41, 5.74) is 2.48. The Morgan fingerprint density at radius 2 is 1.90 bits per heavy atom. The zero-order valence-electron chi connectivity index (χ0n) is 13.1. The minimum absolute atomic E-state index is 0. The van der Waals surface area contributed by atoms with Gasteiger partial charge in [-0.3, -0.25) is 9.79 Å². The van der Waals surface area contributed by atoms with Crippen LogP contribution in [0, 0.1) is 6.92 Å². The second-order valence-corrected chi connectivity index (χ2v) is 4.82. The second kappa shape index (κ2) is 10.4. The number of aliphatic imine (C=N–C) groups is 1. The SMILES string of the molecule is CN=C(NCCC(=O)N(C)C)NCc1ccccc1C.I. The third kappa shape index (κ3) is 7.31. The molecule has 0 radical (unpaired) electrons. The van der Waals surface area contributed by atoms with E-state index < -0.39 is 0 Å². The summed E-state index contributed by atoms with van der Waals surface area (Å²) in [4.78, 5) is 17.2. The monoisotopic (exact) mass is 404 g/mol. The number of carbonyl (C=O) groups is 1. The third-order valence-electron chi connectivity index (χ3n) is 3.06. The fourth-order valence-electron chi connectivity index (χ4n) is 1.72. The number of carbonyl (C=O) groups excluding carboxylic acids is 1. The summed E-state index contributed by atoms with van der Waals surface area (Å²) in [5.74, 6) is 0.812. The van der Waals surface area contributed by atoms with E-state index in [0.29, 0.717) is 25.5 Å². The Hall–Kier alpha value is -1.31. The van der Waals surface area contributed by atoms with Crippen molar-refractivity contribution in [1.29, 1.82) is 0 Å². The third-order valence-corrected chi connectivity index (χ3v) is 3.06. The maximum Gasteiger partial charge on any atom is 0.223 e. The highest BCUT2D eigenvalue weighted by Crippen LogP contribution is 2.05. The number of nitrogens with one attached hydrogen (secondary N) is 2. The summed E-state index contributed by atoms with van der Waals surface area (Å²) in [6.45, 7) is 3.38. The largest absolute Gasteiger partial charge is 0.356 e. The molecule has 5 nitrogen and oxygen atoms in total. The van der Waals surface area contributed by atoms with Crippen LogP contribution in [0.25, 0.3) is 0 Å². The van der Waals surface area contributed by atoms with Crippen LogP contribution >= 0.6 is 24.0 Å². The van der Waals surface area contributed by atoms with Gasteiger partial charge < -0.3 is 15.5 Å². The lowest BCUT2D eigenvalue weighted by atomic mass is 10.1. The van der Waals surface area contributed by atoms with Crippen LogP contribution in [0.15, 0.2) is 29.3 Å². The van der Waals surface area contributed by atoms with Crippen LogP contribution in [0.2, 0.25) is 0 Å². The number of nitrogens with zero attached hydrogens (tertiary/aromatic N) is 2. The van der Waals surface area contributed by atoms with Crippen LogP contribution in [0.3, 0.4) is 0 Å². The lowest BCUT2D eigenvalue weighted by Gasteiger charge is -2.14. The number of benzene rings is 1. The zero-order valence-corrected chi connectivity index (χ0v) is 15.5. The molecule has 21 heavy (non-hydrogen) atoms. The minimum atomic E-state index is 0. The number of guanidine groups is 1. The summed E-state index contributed by atoms with van der Waals surface area (Å²) in [6, 6.07) is 8.23. The molecule has 0 aliphatic heterocycles. The highest BCUT2D eigenvalue weighted by molar-refractivity contribution is 14.0. The van der Waals surface area contributed by atoms with Gasteiger partial charge in [0.25, 0.3) is 0 Å². The van der Waals surface area contributed by atoms with Crippen molar-refractivity contribution in [1.82, 2.24) is 15.5 Å². The van der Waals surface area contributed by atoms with Gasteiger partial charge in [0.05, 0.1) is 0 Å². The fourth-order valence-corrected chi connectivity index (χ4v) is 1.72. The van der Waals surface area contributed by atoms with Crippen LogP contribution in [0.1, 0.15) is 17.5 Å². The predicted molar refractivity (Wildman–Crippen MR) is 98.1 cm³/mol. The van der Waals surface area contributed by atoms with Gasteiger partial charge in [-0.25, -0.2) is 0 Å². The number of halogens is 1. The molecule has 1 aromatic carbocycles. The van der Waals surface area contributed by atoms with Crippen LogP contribution in [0.5, 0.6) is 0 Å². The fraction of sp³-hybridized carbons (Fsp3) is 0.467. The van der Waals surface area contributed by atoms with Gasteiger partial charge in [0.2, 0.25) is 5.91 Å². The lowest BCUT2D eigenvalue weighted by molar-refractivity contribution is -0.128. The molecule has 0 aliphatic carbocycles. The molecule has 1 aromatic rings. The molecule has 2 N–H and O–H groups in total. The van der Waals surface area contributed by atoms with Crippen LogP contribution < -0.4 is 10.6 Å². The maximum absolute atomic E-state index is 11.5. The predicted octanol–water partition coefficient (Wildman–Crippen LogP) is 1.76. The van der Waals surface area contributed by atoms with Gasteiger partial charge in [-0.05, 0) is 18.1 Å². The van der Waals surface area contributed by atoms with E-state index in [9.17, 15) is 4.79 Å². The molecule has 0 heterocycles. The smallest absolute Gasteiger partial charge is 0.223 e. The highest BCUT2D eigenvalue weighted by atomic mass is 127. The first-order valence-electron chi connectivity index (χ1n) is 6.73. The Morgan fingerprint density at radius 3 is 2.48 bits per heavy atom. The molecular formula is C15H25IN4O. The number of rotatable bonds is 5. The van der Waals surface area contributed by atoms with Crippen molar-refractivity contribution >= 4 is 35.8 Å². The van der Waals surface area contributed by atoms with E-state index in [2.05, 4.69) is 34.7 Å². The Morgan fingerprint density at radius 1 is 1.24 bits per heavy atom. The van der Waals surface area contributed by atoms with Crippen molar-refractivity contribution in [3.63, 3.8) is 0 Å². The van der Waals surface area contributed by atoms with Crippen molar-refractivity contribution in [2.75, 3.05) is 27.7 Å². The Kier molecular flexibility index (Phi) is 9.77. The quantitative estimate of drug-likeness (QED) is 0.447. The summed E-state index contributed by atoms with van der Waals surface area (Å²) in [6.07, 6.45) is 0.456. The molecule has 0 unspecified atom stereocenters. The molecule has 0 atom stereocenters. The Labute approximate surface area is 144 Å². The first-order valence-corrected chi connectivity index (χ1v) is 6.73. The molecule has 1 amide bonds. The average molecular weight is 404 g/mol. The normalized spacial score (nSPS) is 10.6. The first-order chi connectivity index (χ1) is 9.54. The molecule has 0 saturated carbocycles. The maximum atomic E-state index is 11.5. The highest BCUT2D eigenvalue weighted by Gasteiger charge is 2.04. The standard InChI is InChI=1S/C15H24N4O.HI/c1-12-7-5-6-8-13(12)11-18-15(16-2)17-10-9-14(20)19(3)4;/h5-8H,9-11H2,1-4H3,(H2,16,17,18);1H. The average Bonchev–Trinajstić information content (AvgIpc) is 2.43. The molecule has 0 aliphatic rings. The Balaban J connectivity index is 0.00000400. The van der Waals surface area contributed by atoms with E-state index >= 15 is 0 Å². The van der Waals surface area contributed by atoms with Gasteiger partial charge in [-0.1, -0.05) is 24.3 Å². The van der Waals surface area contributed by atoms with Crippen molar-refractivity contribution in [2.45, 2.75) is 19.9 Å². The van der Waals surface area contributed by atoms with Gasteiger partial charge in [0.15, 0.2) is 5.96 Å². The molecule has 0 saturated heterocycles. The lowest BCUT2D eigenvalue weighted by Crippen LogP contribution is -2.38. The minimum Gasteiger partial charge on any atom is -0.356 e. The number of hydrogen-bond donors (Lipinski definition) is 2. The van der Waals surface area contributed by atoms with Crippen LogP contribution in [-0.4, -0.2) is 44.5 Å². The van der Waals surface area contributed by atoms with Crippen molar-refractivity contribution in [3.8, 4) is 0 Å². The van der Waals surface area contributed by atoms with Gasteiger partial charge >= 0.3 is 0 Å². The zero-order chi connectivity index (χ0) is 15.0. The van der Waals surface area contributed by atoms with Crippen LogP contribution in [-0.2, 0) is 11.3 Å². The topological polar surface area (TPSA) is 56.7 Å². The van der Waals surface area contributed by atoms with E-state index in [-0.39, 0.29) is 29.9 Å². The number of amides is 1. The molecular weight excluding hydrogens is 379 g/mol. The number of aryl methyl sites for hydroxylation is 1. The second-order valence-electron chi connectivity index (χ2n) is 4.82. The summed E-state index contributed by atoms with van der Waals surface area (Å²) in [7, 11) is 5.24. The van der Waals surface area contributed by atoms with E-state index in [0.717, 1.165) is 0 Å². The summed E-state index contributed by atoms with van der Waals surface area (Å²) >= 11 is 0. The molecule has 0 fully saturated rings. The Bertz CT molecular complexity index is 474. The first kappa shape index (κ1) is 19.7. The summed E-state index contributed by atoms with van der Waals surface area (Å²) in [5, 5.41) is 6.38. The molecule has 0 spiro atoms. The van der Waals surface area contributed by atoms with E-state index in [1.165, 1.54) is 11.1 Å². The molecule has 0 aromatic heterocycles. The molecule has 0 bridgehead atoms.